The fourth-order valence-corrected chi connectivity index (χ4v) is 2.64. The van der Waals surface area contributed by atoms with Crippen molar-refractivity contribution >= 4 is 36.3 Å². The predicted molar refractivity (Wildman–Crippen MR) is 111 cm³/mol. The van der Waals surface area contributed by atoms with E-state index in [1.54, 1.807) is 20.8 Å². The van der Waals surface area contributed by atoms with E-state index in [9.17, 15) is 24.3 Å². The first kappa shape index (κ1) is 27.1. The van der Waals surface area contributed by atoms with Crippen LogP contribution in [0.25, 0.3) is 0 Å². The number of carboxylic acid groups (broad SMARTS) is 1. The molecule has 0 aromatic carbocycles. The molecule has 7 N–H and O–H groups in total. The number of aliphatic hydroxyl groups is 1. The molecule has 0 aliphatic carbocycles. The number of aliphatic hydroxyl groups excluding tert-OH is 1. The van der Waals surface area contributed by atoms with E-state index in [0.29, 0.717) is 6.42 Å². The number of nitrogens with two attached hydrogens (primary N) is 1. The molecule has 0 aliphatic heterocycles. The van der Waals surface area contributed by atoms with Crippen molar-refractivity contribution in [3.8, 4) is 0 Å². The smallest absolute Gasteiger partial charge is 0.327 e. The molecule has 3 amide bonds. The Labute approximate surface area is 176 Å². The summed E-state index contributed by atoms with van der Waals surface area (Å²) in [5, 5.41) is 26.0. The molecule has 0 spiro atoms. The van der Waals surface area contributed by atoms with E-state index in [4.69, 9.17) is 10.8 Å². The summed E-state index contributed by atoms with van der Waals surface area (Å²) in [6.45, 7) is 8.34. The number of rotatable bonds is 12. The lowest BCUT2D eigenvalue weighted by Crippen LogP contribution is -2.60. The number of hydrogen-bond acceptors (Lipinski definition) is 7. The largest absolute Gasteiger partial charge is 0.480 e. The monoisotopic (exact) mass is 434 g/mol. The van der Waals surface area contributed by atoms with E-state index in [1.807, 2.05) is 6.92 Å². The van der Waals surface area contributed by atoms with Crippen LogP contribution in [0.3, 0.4) is 0 Å². The second kappa shape index (κ2) is 12.7. The van der Waals surface area contributed by atoms with E-state index in [0.717, 1.165) is 0 Å². The molecule has 0 bridgehead atoms. The van der Waals surface area contributed by atoms with Gasteiger partial charge in [0.25, 0.3) is 0 Å². The third kappa shape index (κ3) is 8.58. The highest BCUT2D eigenvalue weighted by Gasteiger charge is 2.33. The Balaban J connectivity index is 5.41. The molecule has 10 nitrogen and oxygen atoms in total. The van der Waals surface area contributed by atoms with Crippen LogP contribution in [0, 0.1) is 11.8 Å². The van der Waals surface area contributed by atoms with Crippen molar-refractivity contribution < 1.29 is 29.4 Å². The Morgan fingerprint density at radius 3 is 1.79 bits per heavy atom. The summed E-state index contributed by atoms with van der Waals surface area (Å²) >= 11 is 3.90. The zero-order chi connectivity index (χ0) is 22.9. The molecule has 168 valence electrons. The van der Waals surface area contributed by atoms with E-state index in [2.05, 4.69) is 28.6 Å². The van der Waals surface area contributed by atoms with Crippen molar-refractivity contribution in [1.82, 2.24) is 16.0 Å². The molecule has 0 saturated heterocycles. The molecule has 0 fully saturated rings. The van der Waals surface area contributed by atoms with Crippen molar-refractivity contribution in [3.63, 3.8) is 0 Å². The lowest BCUT2D eigenvalue weighted by Gasteiger charge is -2.29. The molecular formula is C18H34N4O6S. The topological polar surface area (TPSA) is 171 Å². The number of carbonyl (C=O) groups is 4. The Morgan fingerprint density at radius 1 is 0.931 bits per heavy atom. The summed E-state index contributed by atoms with van der Waals surface area (Å²) in [5.74, 6) is -3.92. The van der Waals surface area contributed by atoms with Crippen molar-refractivity contribution in [1.29, 1.82) is 0 Å². The molecule has 0 aromatic rings. The summed E-state index contributed by atoms with van der Waals surface area (Å²) in [5.41, 5.74) is 5.63. The van der Waals surface area contributed by atoms with Crippen LogP contribution < -0.4 is 21.7 Å². The third-order valence-electron chi connectivity index (χ3n) is 4.66. The highest BCUT2D eigenvalue weighted by Crippen LogP contribution is 2.11. The average molecular weight is 435 g/mol. The number of amides is 3. The van der Waals surface area contributed by atoms with Gasteiger partial charge >= 0.3 is 5.97 Å². The Morgan fingerprint density at radius 2 is 1.41 bits per heavy atom. The lowest BCUT2D eigenvalue weighted by atomic mass is 9.96. The van der Waals surface area contributed by atoms with Crippen LogP contribution in [0.1, 0.15) is 41.0 Å². The van der Waals surface area contributed by atoms with Crippen molar-refractivity contribution in [2.24, 2.45) is 17.6 Å². The van der Waals surface area contributed by atoms with Gasteiger partial charge in [0.05, 0.1) is 6.10 Å². The van der Waals surface area contributed by atoms with Crippen LogP contribution in [0.4, 0.5) is 0 Å². The quantitative estimate of drug-likeness (QED) is 0.190. The number of carbonyl (C=O) groups excluding carboxylic acids is 3. The van der Waals surface area contributed by atoms with Gasteiger partial charge in [0.2, 0.25) is 17.7 Å². The predicted octanol–water partition coefficient (Wildman–Crippen LogP) is -1.13. The maximum absolute atomic E-state index is 12.8. The molecule has 0 aliphatic rings. The molecule has 0 aromatic heterocycles. The fourth-order valence-electron chi connectivity index (χ4n) is 2.40. The summed E-state index contributed by atoms with van der Waals surface area (Å²) in [7, 11) is 0. The minimum absolute atomic E-state index is 0.109. The van der Waals surface area contributed by atoms with E-state index in [-0.39, 0.29) is 17.6 Å². The van der Waals surface area contributed by atoms with E-state index >= 15 is 0 Å². The maximum atomic E-state index is 12.8. The van der Waals surface area contributed by atoms with Crippen LogP contribution >= 0.6 is 12.6 Å². The molecule has 11 heteroatoms. The zero-order valence-corrected chi connectivity index (χ0v) is 18.4. The maximum Gasteiger partial charge on any atom is 0.327 e. The molecular weight excluding hydrogens is 400 g/mol. The van der Waals surface area contributed by atoms with Crippen LogP contribution in [-0.2, 0) is 19.2 Å². The minimum Gasteiger partial charge on any atom is -0.480 e. The van der Waals surface area contributed by atoms with E-state index in [1.165, 1.54) is 6.92 Å². The van der Waals surface area contributed by atoms with Gasteiger partial charge < -0.3 is 31.9 Å². The van der Waals surface area contributed by atoms with Gasteiger partial charge in [0.15, 0.2) is 0 Å². The molecule has 0 radical (unpaired) electrons. The van der Waals surface area contributed by atoms with Crippen LogP contribution in [0.2, 0.25) is 0 Å². The normalized spacial score (nSPS) is 17.4. The number of nitrogens with one attached hydrogen (secondary N) is 3. The summed E-state index contributed by atoms with van der Waals surface area (Å²) in [6, 6.07) is -4.40. The molecule has 29 heavy (non-hydrogen) atoms. The number of aliphatic carboxylic acids is 1. The number of carboxylic acids is 1. The number of hydrogen-bond donors (Lipinski definition) is 7. The van der Waals surface area contributed by atoms with Crippen LogP contribution in [-0.4, -0.2) is 69.9 Å². The van der Waals surface area contributed by atoms with Crippen molar-refractivity contribution in [2.45, 2.75) is 71.3 Å². The Kier molecular flexibility index (Phi) is 11.8. The summed E-state index contributed by atoms with van der Waals surface area (Å²) < 4.78 is 0. The number of thiol groups is 1. The molecule has 0 heterocycles. The first-order valence-corrected chi connectivity index (χ1v) is 10.2. The van der Waals surface area contributed by atoms with Crippen molar-refractivity contribution in [2.75, 3.05) is 5.75 Å². The van der Waals surface area contributed by atoms with Gasteiger partial charge in [-0.1, -0.05) is 34.1 Å². The van der Waals surface area contributed by atoms with Gasteiger partial charge in [0, 0.05) is 5.75 Å². The van der Waals surface area contributed by atoms with Gasteiger partial charge in [-0.3, -0.25) is 14.4 Å². The van der Waals surface area contributed by atoms with Crippen LogP contribution in [0.5, 0.6) is 0 Å². The summed E-state index contributed by atoms with van der Waals surface area (Å²) in [4.78, 5) is 48.7. The lowest BCUT2D eigenvalue weighted by molar-refractivity contribution is -0.142. The minimum atomic E-state index is -1.24. The zero-order valence-electron chi connectivity index (χ0n) is 17.5. The van der Waals surface area contributed by atoms with Crippen molar-refractivity contribution in [3.05, 3.63) is 0 Å². The van der Waals surface area contributed by atoms with E-state index < -0.39 is 54.0 Å². The Hall–Kier alpha value is -1.85. The second-order valence-electron chi connectivity index (χ2n) is 7.45. The third-order valence-corrected chi connectivity index (χ3v) is 5.02. The Bertz CT molecular complexity index is 587. The van der Waals surface area contributed by atoms with Gasteiger partial charge in [0.1, 0.15) is 24.2 Å². The van der Waals surface area contributed by atoms with Crippen LogP contribution in [0.15, 0.2) is 0 Å². The SMILES string of the molecule is CC[C@H](C)[C@H](NC(=O)[C@@H](N)[C@@H](C)O)C(=O)N[C@H](C(=O)N[C@@H](CS)C(=O)O)C(C)C. The highest BCUT2D eigenvalue weighted by atomic mass is 32.1. The first-order valence-electron chi connectivity index (χ1n) is 9.55. The molecule has 6 atom stereocenters. The highest BCUT2D eigenvalue weighted by molar-refractivity contribution is 7.80. The van der Waals surface area contributed by atoms with Gasteiger partial charge in [-0.05, 0) is 18.8 Å². The molecule has 0 saturated carbocycles. The standard InChI is InChI=1S/C18H34N4O6S/c1-6-9(4)14(22-15(24)12(19)10(5)23)17(26)21-13(8(2)3)16(25)20-11(7-29)18(27)28/h8-14,23,29H,6-7,19H2,1-5H3,(H,20,25)(H,21,26)(H,22,24)(H,27,28)/t9-,10+,11-,12-,13-,14-/m0/s1. The average Bonchev–Trinajstić information content (AvgIpc) is 2.65. The van der Waals surface area contributed by atoms with Gasteiger partial charge in [-0.25, -0.2) is 4.79 Å². The fraction of sp³-hybridized carbons (Fsp3) is 0.778. The second-order valence-corrected chi connectivity index (χ2v) is 7.82. The van der Waals surface area contributed by atoms with Gasteiger partial charge in [-0.15, -0.1) is 0 Å². The van der Waals surface area contributed by atoms with Gasteiger partial charge in [-0.2, -0.15) is 12.6 Å². The molecule has 0 rings (SSSR count). The first-order chi connectivity index (χ1) is 13.4. The summed E-state index contributed by atoms with van der Waals surface area (Å²) in [6.07, 6.45) is -0.541. The molecule has 0 unspecified atom stereocenters.